The average Bonchev–Trinajstić information content (AvgIpc) is 2.99. The van der Waals surface area contributed by atoms with E-state index in [2.05, 4.69) is 20.8 Å². The van der Waals surface area contributed by atoms with Crippen molar-refractivity contribution in [2.45, 2.75) is 26.2 Å². The van der Waals surface area contributed by atoms with Gasteiger partial charge in [-0.3, -0.25) is 9.89 Å². The zero-order valence-corrected chi connectivity index (χ0v) is 11.5. The first-order valence-electron chi connectivity index (χ1n) is 6.32. The van der Waals surface area contributed by atoms with E-state index in [0.29, 0.717) is 11.6 Å². The molecular weight excluding hydrogens is 252 g/mol. The first-order valence-corrected chi connectivity index (χ1v) is 6.32. The molecule has 0 saturated carbocycles. The summed E-state index contributed by atoms with van der Waals surface area (Å²) in [5.41, 5.74) is 1.49. The lowest BCUT2D eigenvalue weighted by Crippen LogP contribution is -2.26. The van der Waals surface area contributed by atoms with Crippen molar-refractivity contribution in [3.63, 3.8) is 0 Å². The summed E-state index contributed by atoms with van der Waals surface area (Å²) in [7, 11) is 0. The molecule has 18 heavy (non-hydrogen) atoms. The zero-order chi connectivity index (χ0) is 12.1. The minimum atomic E-state index is -0.0769. The summed E-state index contributed by atoms with van der Waals surface area (Å²) < 4.78 is 0. The van der Waals surface area contributed by atoms with Crippen LogP contribution in [0.4, 0.5) is 0 Å². The normalized spacial score (nSPS) is 18.4. The number of rotatable bonds is 5. The van der Waals surface area contributed by atoms with Crippen LogP contribution in [0.25, 0.3) is 0 Å². The third-order valence-electron chi connectivity index (χ3n) is 3.24. The first-order chi connectivity index (χ1) is 8.29. The Labute approximate surface area is 114 Å². The molecule has 2 rings (SSSR count). The highest BCUT2D eigenvalue weighted by Crippen LogP contribution is 2.10. The molecule has 6 heteroatoms. The van der Waals surface area contributed by atoms with Crippen LogP contribution in [-0.4, -0.2) is 35.7 Å². The number of carbonyl (C=O) groups is 1. The van der Waals surface area contributed by atoms with Crippen LogP contribution >= 0.6 is 12.4 Å². The number of halogens is 1. The van der Waals surface area contributed by atoms with Crippen LogP contribution in [0.3, 0.4) is 0 Å². The highest BCUT2D eigenvalue weighted by atomic mass is 35.5. The van der Waals surface area contributed by atoms with Crippen molar-refractivity contribution >= 4 is 18.3 Å². The Morgan fingerprint density at radius 1 is 1.61 bits per heavy atom. The molecule has 0 spiro atoms. The van der Waals surface area contributed by atoms with Gasteiger partial charge in [0, 0.05) is 12.2 Å². The molecule has 1 aromatic rings. The fraction of sp³-hybridized carbons (Fsp3) is 0.667. The zero-order valence-electron chi connectivity index (χ0n) is 10.7. The van der Waals surface area contributed by atoms with Crippen LogP contribution in [0, 0.1) is 5.92 Å². The maximum Gasteiger partial charge on any atom is 0.271 e. The molecule has 1 fully saturated rings. The van der Waals surface area contributed by atoms with Gasteiger partial charge in [-0.05, 0) is 44.3 Å². The van der Waals surface area contributed by atoms with E-state index in [4.69, 9.17) is 0 Å². The van der Waals surface area contributed by atoms with Crippen molar-refractivity contribution < 1.29 is 4.79 Å². The molecule has 1 amide bonds. The fourth-order valence-electron chi connectivity index (χ4n) is 2.10. The van der Waals surface area contributed by atoms with Crippen LogP contribution in [-0.2, 0) is 6.42 Å². The van der Waals surface area contributed by atoms with Gasteiger partial charge in [-0.1, -0.05) is 6.92 Å². The van der Waals surface area contributed by atoms with Gasteiger partial charge in [-0.2, -0.15) is 5.10 Å². The number of nitrogens with one attached hydrogen (secondary N) is 3. The maximum absolute atomic E-state index is 11.7. The summed E-state index contributed by atoms with van der Waals surface area (Å²) >= 11 is 0. The van der Waals surface area contributed by atoms with E-state index >= 15 is 0 Å². The minimum Gasteiger partial charge on any atom is -0.351 e. The second-order valence-corrected chi connectivity index (χ2v) is 4.54. The van der Waals surface area contributed by atoms with E-state index in [1.54, 1.807) is 0 Å². The molecule has 1 aliphatic rings. The molecule has 2 heterocycles. The van der Waals surface area contributed by atoms with E-state index in [-0.39, 0.29) is 18.3 Å². The summed E-state index contributed by atoms with van der Waals surface area (Å²) in [6.07, 6.45) is 3.13. The molecule has 1 aliphatic heterocycles. The van der Waals surface area contributed by atoms with Gasteiger partial charge in [0.1, 0.15) is 5.69 Å². The quantitative estimate of drug-likeness (QED) is 0.752. The number of carbonyl (C=O) groups excluding carboxylic acids is 1. The second kappa shape index (κ2) is 7.38. The number of aromatic nitrogens is 2. The molecule has 1 unspecified atom stereocenters. The molecule has 3 N–H and O–H groups in total. The Hall–Kier alpha value is -1.07. The summed E-state index contributed by atoms with van der Waals surface area (Å²) in [6, 6.07) is 1.81. The van der Waals surface area contributed by atoms with Crippen molar-refractivity contribution in [2.75, 3.05) is 19.6 Å². The highest BCUT2D eigenvalue weighted by molar-refractivity contribution is 5.92. The minimum absolute atomic E-state index is 0. The van der Waals surface area contributed by atoms with Crippen LogP contribution in [0.1, 0.15) is 35.9 Å². The standard InChI is InChI=1S/C12H20N4O.ClH/c1-2-10-7-11(16-15-10)12(17)14-6-4-9-3-5-13-8-9;/h7,9,13H,2-6,8H2,1H3,(H,14,17)(H,15,16);1H. The molecule has 102 valence electrons. The van der Waals surface area contributed by atoms with Gasteiger partial charge in [0.05, 0.1) is 0 Å². The van der Waals surface area contributed by atoms with Gasteiger partial charge in [-0.25, -0.2) is 0 Å². The summed E-state index contributed by atoms with van der Waals surface area (Å²) in [6.45, 7) is 4.96. The lowest BCUT2D eigenvalue weighted by Gasteiger charge is -2.08. The molecule has 1 aromatic heterocycles. The number of aryl methyl sites for hydroxylation is 1. The molecule has 0 radical (unpaired) electrons. The maximum atomic E-state index is 11.7. The number of amides is 1. The SMILES string of the molecule is CCc1cc(C(=O)NCCC2CCNC2)n[nH]1.Cl. The van der Waals surface area contributed by atoms with E-state index in [1.165, 1.54) is 6.42 Å². The van der Waals surface area contributed by atoms with Gasteiger partial charge in [0.15, 0.2) is 0 Å². The topological polar surface area (TPSA) is 69.8 Å². The van der Waals surface area contributed by atoms with E-state index < -0.39 is 0 Å². The van der Waals surface area contributed by atoms with Gasteiger partial charge < -0.3 is 10.6 Å². The monoisotopic (exact) mass is 272 g/mol. The molecule has 1 saturated heterocycles. The Morgan fingerprint density at radius 2 is 2.44 bits per heavy atom. The molecule has 0 bridgehead atoms. The smallest absolute Gasteiger partial charge is 0.271 e. The second-order valence-electron chi connectivity index (χ2n) is 4.54. The predicted octanol–water partition coefficient (Wildman–Crippen LogP) is 1.12. The highest BCUT2D eigenvalue weighted by Gasteiger charge is 2.15. The van der Waals surface area contributed by atoms with E-state index in [9.17, 15) is 4.79 Å². The average molecular weight is 273 g/mol. The van der Waals surface area contributed by atoms with Gasteiger partial charge in [-0.15, -0.1) is 12.4 Å². The van der Waals surface area contributed by atoms with Crippen molar-refractivity contribution in [3.8, 4) is 0 Å². The Balaban J connectivity index is 0.00000162. The lowest BCUT2D eigenvalue weighted by molar-refractivity contribution is 0.0946. The van der Waals surface area contributed by atoms with Crippen molar-refractivity contribution in [1.29, 1.82) is 0 Å². The Morgan fingerprint density at radius 3 is 3.06 bits per heavy atom. The molecule has 1 atom stereocenters. The number of hydrogen-bond donors (Lipinski definition) is 3. The van der Waals surface area contributed by atoms with Crippen LogP contribution < -0.4 is 10.6 Å². The summed E-state index contributed by atoms with van der Waals surface area (Å²) in [5, 5.41) is 13.1. The van der Waals surface area contributed by atoms with E-state index in [0.717, 1.165) is 38.2 Å². The third kappa shape index (κ3) is 3.99. The van der Waals surface area contributed by atoms with Crippen molar-refractivity contribution in [3.05, 3.63) is 17.5 Å². The fourth-order valence-corrected chi connectivity index (χ4v) is 2.10. The largest absolute Gasteiger partial charge is 0.351 e. The number of nitrogens with zero attached hydrogens (tertiary/aromatic N) is 1. The van der Waals surface area contributed by atoms with E-state index in [1.807, 2.05) is 13.0 Å². The number of hydrogen-bond acceptors (Lipinski definition) is 3. The molecule has 5 nitrogen and oxygen atoms in total. The van der Waals surface area contributed by atoms with Crippen LogP contribution in [0.15, 0.2) is 6.07 Å². The van der Waals surface area contributed by atoms with Gasteiger partial charge in [0.25, 0.3) is 5.91 Å². The first kappa shape index (κ1) is 15.0. The third-order valence-corrected chi connectivity index (χ3v) is 3.24. The Bertz CT molecular complexity index is 374. The van der Waals surface area contributed by atoms with Crippen molar-refractivity contribution in [2.24, 2.45) is 5.92 Å². The Kier molecular flexibility index (Phi) is 6.15. The van der Waals surface area contributed by atoms with Crippen LogP contribution in [0.2, 0.25) is 0 Å². The van der Waals surface area contributed by atoms with Gasteiger partial charge >= 0.3 is 0 Å². The molecule has 0 aromatic carbocycles. The lowest BCUT2D eigenvalue weighted by atomic mass is 10.1. The van der Waals surface area contributed by atoms with Crippen molar-refractivity contribution in [1.82, 2.24) is 20.8 Å². The molecular formula is C12H21ClN4O. The number of aromatic amines is 1. The summed E-state index contributed by atoms with van der Waals surface area (Å²) in [4.78, 5) is 11.7. The molecule has 0 aliphatic carbocycles. The summed E-state index contributed by atoms with van der Waals surface area (Å²) in [5.74, 6) is 0.632. The van der Waals surface area contributed by atoms with Gasteiger partial charge in [0.2, 0.25) is 0 Å². The predicted molar refractivity (Wildman–Crippen MR) is 73.1 cm³/mol. The number of H-pyrrole nitrogens is 1. The van der Waals surface area contributed by atoms with Crippen LogP contribution in [0.5, 0.6) is 0 Å².